The molecule has 1 amide bonds. The van der Waals surface area contributed by atoms with Crippen LogP contribution >= 0.6 is 11.8 Å². The Morgan fingerprint density at radius 3 is 2.41 bits per heavy atom. The Labute approximate surface area is 218 Å². The highest BCUT2D eigenvalue weighted by Gasteiger charge is 2.26. The van der Waals surface area contributed by atoms with Gasteiger partial charge in [-0.05, 0) is 50.2 Å². The van der Waals surface area contributed by atoms with E-state index in [9.17, 15) is 13.2 Å². The molecule has 2 N–H and O–H groups in total. The Balaban J connectivity index is 1.75. The fraction of sp³-hybridized carbons (Fsp3) is 0.240. The number of fused-ring (bicyclic) bond motifs is 1. The minimum atomic E-state index is -4.05. The predicted octanol–water partition coefficient (Wildman–Crippen LogP) is 3.46. The van der Waals surface area contributed by atoms with Crippen LogP contribution in [-0.4, -0.2) is 49.1 Å². The summed E-state index contributed by atoms with van der Waals surface area (Å²) in [5.41, 5.74) is 8.54. The van der Waals surface area contributed by atoms with Gasteiger partial charge in [0.15, 0.2) is 11.8 Å². The van der Waals surface area contributed by atoms with E-state index in [0.29, 0.717) is 28.3 Å². The van der Waals surface area contributed by atoms with E-state index in [0.717, 1.165) is 22.6 Å². The van der Waals surface area contributed by atoms with Crippen molar-refractivity contribution in [1.82, 2.24) is 13.9 Å². The van der Waals surface area contributed by atoms with Gasteiger partial charge >= 0.3 is 0 Å². The zero-order valence-corrected chi connectivity index (χ0v) is 22.4. The quantitative estimate of drug-likeness (QED) is 0.299. The lowest BCUT2D eigenvalue weighted by Gasteiger charge is -2.13. The van der Waals surface area contributed by atoms with E-state index in [1.165, 1.54) is 47.1 Å². The van der Waals surface area contributed by atoms with Crippen LogP contribution in [0.4, 0.5) is 0 Å². The summed E-state index contributed by atoms with van der Waals surface area (Å²) < 4.78 is 44.9. The molecule has 37 heavy (non-hydrogen) atoms. The molecule has 12 heteroatoms. The number of nitrogens with two attached hydrogens (primary N) is 1. The second-order valence-electron chi connectivity index (χ2n) is 8.08. The summed E-state index contributed by atoms with van der Waals surface area (Å²) in [5, 5.41) is 0.276. The summed E-state index contributed by atoms with van der Waals surface area (Å²) in [6.07, 6.45) is 1.73. The molecule has 0 unspecified atom stereocenters. The summed E-state index contributed by atoms with van der Waals surface area (Å²) in [4.78, 5) is 20.1. The zero-order chi connectivity index (χ0) is 26.7. The van der Waals surface area contributed by atoms with Crippen molar-refractivity contribution < 1.29 is 27.4 Å². The van der Waals surface area contributed by atoms with Gasteiger partial charge in [0.1, 0.15) is 17.2 Å². The maximum Gasteiger partial charge on any atom is 0.270 e. The number of aryl methyl sites for hydroxylation is 1. The molecule has 2 aromatic heterocycles. The first-order chi connectivity index (χ1) is 17.6. The number of aromatic nitrogens is 3. The standard InChI is InChI=1S/C25H26N4O6S2/c1-15-12-27-21(16(2)24(15)34-4)14-36-25-28-20-11-18(33-3)7-10-22(20)29(25)37(31,32)19-8-5-17(6-9-19)35-13-23(26)30/h5-12H,13-14H2,1-4H3,(H2,26,30). The van der Waals surface area contributed by atoms with E-state index in [4.69, 9.17) is 19.9 Å². The van der Waals surface area contributed by atoms with Crippen LogP contribution in [0.3, 0.4) is 0 Å². The largest absolute Gasteiger partial charge is 0.497 e. The first kappa shape index (κ1) is 26.3. The maximum absolute atomic E-state index is 13.8. The Morgan fingerprint density at radius 2 is 1.76 bits per heavy atom. The Hall–Kier alpha value is -3.77. The minimum Gasteiger partial charge on any atom is -0.497 e. The molecule has 0 aliphatic rings. The van der Waals surface area contributed by atoms with Crippen molar-refractivity contribution >= 4 is 38.7 Å². The fourth-order valence-corrected chi connectivity index (χ4v) is 6.52. The number of ether oxygens (including phenoxy) is 3. The zero-order valence-electron chi connectivity index (χ0n) is 20.7. The molecule has 10 nitrogen and oxygen atoms in total. The van der Waals surface area contributed by atoms with E-state index in [-0.39, 0.29) is 16.7 Å². The fourth-order valence-electron chi connectivity index (χ4n) is 3.78. The van der Waals surface area contributed by atoms with Gasteiger partial charge in [0.25, 0.3) is 15.9 Å². The number of carbonyl (C=O) groups is 1. The topological polar surface area (TPSA) is 136 Å². The lowest BCUT2D eigenvalue weighted by Crippen LogP contribution is -2.20. The Bertz CT molecular complexity index is 1570. The number of pyridine rings is 1. The molecule has 0 spiro atoms. The lowest BCUT2D eigenvalue weighted by atomic mass is 10.1. The van der Waals surface area contributed by atoms with E-state index >= 15 is 0 Å². The number of imidazole rings is 1. The summed E-state index contributed by atoms with van der Waals surface area (Å²) in [6.45, 7) is 3.53. The molecule has 4 aromatic rings. The number of rotatable bonds is 10. The van der Waals surface area contributed by atoms with Crippen LogP contribution in [0.5, 0.6) is 17.2 Å². The van der Waals surface area contributed by atoms with Crippen molar-refractivity contribution in [1.29, 1.82) is 0 Å². The van der Waals surface area contributed by atoms with Gasteiger partial charge < -0.3 is 19.9 Å². The van der Waals surface area contributed by atoms with E-state index in [1.807, 2.05) is 13.8 Å². The third-order valence-corrected chi connectivity index (χ3v) is 8.41. The Kier molecular flexibility index (Phi) is 7.60. The smallest absolute Gasteiger partial charge is 0.270 e. The molecular weight excluding hydrogens is 516 g/mol. The number of amides is 1. The average Bonchev–Trinajstić information content (AvgIpc) is 3.25. The molecule has 0 radical (unpaired) electrons. The number of thioether (sulfide) groups is 1. The van der Waals surface area contributed by atoms with E-state index in [1.54, 1.807) is 31.5 Å². The summed E-state index contributed by atoms with van der Waals surface area (Å²) >= 11 is 1.25. The van der Waals surface area contributed by atoms with Crippen LogP contribution in [0.15, 0.2) is 58.7 Å². The van der Waals surface area contributed by atoms with Crippen LogP contribution < -0.4 is 19.9 Å². The van der Waals surface area contributed by atoms with Crippen LogP contribution in [0, 0.1) is 13.8 Å². The summed E-state index contributed by atoms with van der Waals surface area (Å²) in [6, 6.07) is 10.8. The van der Waals surface area contributed by atoms with Crippen molar-refractivity contribution in [3.8, 4) is 17.2 Å². The van der Waals surface area contributed by atoms with Gasteiger partial charge in [-0.3, -0.25) is 9.78 Å². The number of hydrogen-bond acceptors (Lipinski definition) is 9. The van der Waals surface area contributed by atoms with Crippen LogP contribution in [0.1, 0.15) is 16.8 Å². The number of benzene rings is 2. The number of methoxy groups -OCH3 is 2. The molecule has 0 saturated heterocycles. The predicted molar refractivity (Wildman–Crippen MR) is 140 cm³/mol. The SMILES string of the molecule is COc1ccc2c(c1)nc(SCc1ncc(C)c(OC)c1C)n2S(=O)(=O)c1ccc(OCC(N)=O)cc1. The molecule has 2 aromatic carbocycles. The first-order valence-electron chi connectivity index (χ1n) is 11.1. The van der Waals surface area contributed by atoms with Crippen LogP contribution in [0.2, 0.25) is 0 Å². The molecule has 4 rings (SSSR count). The second-order valence-corrected chi connectivity index (χ2v) is 10.8. The molecule has 2 heterocycles. The number of carbonyl (C=O) groups excluding carboxylic acids is 1. The highest BCUT2D eigenvalue weighted by Crippen LogP contribution is 2.34. The first-order valence-corrected chi connectivity index (χ1v) is 13.5. The van der Waals surface area contributed by atoms with E-state index < -0.39 is 15.9 Å². The van der Waals surface area contributed by atoms with Gasteiger partial charge in [0.05, 0.1) is 35.8 Å². The monoisotopic (exact) mass is 542 g/mol. The van der Waals surface area contributed by atoms with Gasteiger partial charge in [0.2, 0.25) is 0 Å². The van der Waals surface area contributed by atoms with Crippen molar-refractivity contribution in [3.05, 3.63) is 65.5 Å². The number of primary amides is 1. The van der Waals surface area contributed by atoms with Crippen LogP contribution in [-0.2, 0) is 20.6 Å². The molecule has 0 bridgehead atoms. The summed E-state index contributed by atoms with van der Waals surface area (Å²) in [5.74, 6) is 1.37. The van der Waals surface area contributed by atoms with Crippen LogP contribution in [0.25, 0.3) is 11.0 Å². The number of hydrogen-bond donors (Lipinski definition) is 1. The molecule has 0 saturated carbocycles. The van der Waals surface area contributed by atoms with Gasteiger partial charge in [0, 0.05) is 29.1 Å². The molecule has 0 fully saturated rings. The van der Waals surface area contributed by atoms with Gasteiger partial charge in [-0.1, -0.05) is 11.8 Å². The average molecular weight is 543 g/mol. The van der Waals surface area contributed by atoms with Gasteiger partial charge in [-0.15, -0.1) is 0 Å². The highest BCUT2D eigenvalue weighted by molar-refractivity contribution is 7.99. The normalized spacial score (nSPS) is 11.5. The van der Waals surface area contributed by atoms with Gasteiger partial charge in [-0.25, -0.2) is 17.4 Å². The highest BCUT2D eigenvalue weighted by atomic mass is 32.2. The van der Waals surface area contributed by atoms with Crippen molar-refractivity contribution in [2.75, 3.05) is 20.8 Å². The summed E-state index contributed by atoms with van der Waals surface area (Å²) in [7, 11) is -0.914. The van der Waals surface area contributed by atoms with Gasteiger partial charge in [-0.2, -0.15) is 0 Å². The molecule has 0 aliphatic carbocycles. The molecule has 194 valence electrons. The second kappa shape index (κ2) is 10.7. The lowest BCUT2D eigenvalue weighted by molar-refractivity contribution is -0.119. The molecule has 0 aliphatic heterocycles. The van der Waals surface area contributed by atoms with Crippen molar-refractivity contribution in [3.63, 3.8) is 0 Å². The third-order valence-electron chi connectivity index (χ3n) is 5.62. The number of nitrogens with zero attached hydrogens (tertiary/aromatic N) is 3. The van der Waals surface area contributed by atoms with Crippen molar-refractivity contribution in [2.24, 2.45) is 5.73 Å². The molecular formula is C25H26N4O6S2. The maximum atomic E-state index is 13.8. The van der Waals surface area contributed by atoms with Crippen molar-refractivity contribution in [2.45, 2.75) is 29.7 Å². The Morgan fingerprint density at radius 1 is 1.05 bits per heavy atom. The minimum absolute atomic E-state index is 0.0298. The molecule has 0 atom stereocenters. The van der Waals surface area contributed by atoms with E-state index in [2.05, 4.69) is 9.97 Å². The third kappa shape index (κ3) is 5.35.